The van der Waals surface area contributed by atoms with E-state index >= 15 is 0 Å². The van der Waals surface area contributed by atoms with E-state index in [4.69, 9.17) is 0 Å². The zero-order valence-corrected chi connectivity index (χ0v) is 15.1. The van der Waals surface area contributed by atoms with Crippen molar-refractivity contribution >= 4 is 11.7 Å². The van der Waals surface area contributed by atoms with Gasteiger partial charge < -0.3 is 15.1 Å². The molecular weight excluding hydrogens is 365 g/mol. The normalized spacial score (nSPS) is 22.5. The molecule has 28 heavy (non-hydrogen) atoms. The topological polar surface area (TPSA) is 104 Å². The van der Waals surface area contributed by atoms with Gasteiger partial charge in [0.05, 0.1) is 12.7 Å². The number of amides is 1. The Hall–Kier alpha value is -2.91. The minimum Gasteiger partial charge on any atom is -0.396 e. The van der Waals surface area contributed by atoms with Crippen LogP contribution in [0.25, 0.3) is 5.78 Å². The summed E-state index contributed by atoms with van der Waals surface area (Å²) in [4.78, 5) is 22.7. The third-order valence-corrected chi connectivity index (χ3v) is 5.26. The van der Waals surface area contributed by atoms with Gasteiger partial charge in [0, 0.05) is 30.9 Å². The molecule has 0 aliphatic carbocycles. The highest BCUT2D eigenvalue weighted by Crippen LogP contribution is 2.34. The van der Waals surface area contributed by atoms with Gasteiger partial charge in [0.15, 0.2) is 0 Å². The molecule has 146 valence electrons. The summed E-state index contributed by atoms with van der Waals surface area (Å²) in [5.41, 5.74) is -0.165. The molecule has 1 aromatic carbocycles. The second kappa shape index (κ2) is 7.25. The van der Waals surface area contributed by atoms with Crippen molar-refractivity contribution in [3.8, 4) is 0 Å². The quantitative estimate of drug-likeness (QED) is 0.685. The first-order chi connectivity index (χ1) is 13.5. The summed E-state index contributed by atoms with van der Waals surface area (Å²) < 4.78 is 14.6. The predicted octanol–water partition coefficient (Wildman–Crippen LogP) is 0.692. The molecule has 0 bridgehead atoms. The minimum atomic E-state index is -0.941. The molecule has 0 unspecified atom stereocenters. The molecule has 1 aliphatic heterocycles. The van der Waals surface area contributed by atoms with Gasteiger partial charge >= 0.3 is 0 Å². The van der Waals surface area contributed by atoms with Crippen molar-refractivity contribution in [2.24, 2.45) is 5.41 Å². The van der Waals surface area contributed by atoms with Crippen LogP contribution in [-0.2, 0) is 6.42 Å². The van der Waals surface area contributed by atoms with Gasteiger partial charge in [-0.3, -0.25) is 4.79 Å². The summed E-state index contributed by atoms with van der Waals surface area (Å²) in [6.07, 6.45) is 3.06. The minimum absolute atomic E-state index is 0.0173. The lowest BCUT2D eigenvalue weighted by atomic mass is 9.73. The van der Waals surface area contributed by atoms with E-state index in [0.717, 1.165) is 5.56 Å². The third kappa shape index (κ3) is 3.34. The van der Waals surface area contributed by atoms with Gasteiger partial charge in [-0.1, -0.05) is 12.1 Å². The molecule has 3 aromatic rings. The Morgan fingerprint density at radius 3 is 2.82 bits per heavy atom. The van der Waals surface area contributed by atoms with E-state index in [1.54, 1.807) is 35.5 Å². The van der Waals surface area contributed by atoms with Crippen LogP contribution in [0, 0.1) is 11.2 Å². The van der Waals surface area contributed by atoms with Crippen LogP contribution >= 0.6 is 0 Å². The van der Waals surface area contributed by atoms with E-state index in [0.29, 0.717) is 25.2 Å². The van der Waals surface area contributed by atoms with Crippen LogP contribution in [0.15, 0.2) is 42.7 Å². The molecule has 2 N–H and O–H groups in total. The van der Waals surface area contributed by atoms with Crippen LogP contribution in [0.3, 0.4) is 0 Å². The lowest BCUT2D eigenvalue weighted by molar-refractivity contribution is -0.0670. The number of aliphatic hydroxyl groups excluding tert-OH is 2. The summed E-state index contributed by atoms with van der Waals surface area (Å²) >= 11 is 0. The zero-order valence-electron chi connectivity index (χ0n) is 15.1. The van der Waals surface area contributed by atoms with Gasteiger partial charge in [0.2, 0.25) is 5.82 Å². The van der Waals surface area contributed by atoms with Crippen LogP contribution in [0.2, 0.25) is 0 Å². The van der Waals surface area contributed by atoms with Crippen LogP contribution in [0.5, 0.6) is 0 Å². The van der Waals surface area contributed by atoms with Gasteiger partial charge in [0.1, 0.15) is 5.82 Å². The third-order valence-electron chi connectivity index (χ3n) is 5.26. The van der Waals surface area contributed by atoms with Gasteiger partial charge in [-0.05, 0) is 36.6 Å². The molecule has 2 aromatic heterocycles. The number of likely N-dealkylation sites (tertiary alicyclic amines) is 1. The van der Waals surface area contributed by atoms with E-state index in [-0.39, 0.29) is 30.7 Å². The molecule has 2 atom stereocenters. The number of hydrogen-bond donors (Lipinski definition) is 2. The molecule has 1 saturated heterocycles. The Kier molecular flexibility index (Phi) is 4.78. The number of fused-ring (bicyclic) bond motifs is 1. The molecule has 1 amide bonds. The number of aliphatic hydroxyl groups is 2. The largest absolute Gasteiger partial charge is 0.396 e. The van der Waals surface area contributed by atoms with Gasteiger partial charge in [0.25, 0.3) is 11.7 Å². The highest BCUT2D eigenvalue weighted by Gasteiger charge is 2.44. The fourth-order valence-corrected chi connectivity index (χ4v) is 3.68. The average molecular weight is 385 g/mol. The number of aromatic nitrogens is 4. The van der Waals surface area contributed by atoms with E-state index in [1.165, 1.54) is 16.6 Å². The highest BCUT2D eigenvalue weighted by molar-refractivity contribution is 5.91. The standard InChI is InChI=1S/C19H20FN5O3/c20-14-4-2-13(3-5-14)10-19(12-26)11-24(9-6-15(19)27)17(28)16-22-18-21-7-1-8-25(18)23-16/h1-5,7-8,15,26-27H,6,9-12H2/t15-,19-/m0/s1. The number of carbonyl (C=O) groups excluding carboxylic acids is 1. The monoisotopic (exact) mass is 385 g/mol. The maximum absolute atomic E-state index is 13.2. The number of nitrogens with zero attached hydrogens (tertiary/aromatic N) is 5. The number of hydrogen-bond acceptors (Lipinski definition) is 6. The molecule has 9 heteroatoms. The van der Waals surface area contributed by atoms with Crippen molar-refractivity contribution in [1.82, 2.24) is 24.5 Å². The average Bonchev–Trinajstić information content (AvgIpc) is 3.15. The first kappa shape index (κ1) is 18.5. The van der Waals surface area contributed by atoms with Crippen LogP contribution < -0.4 is 0 Å². The maximum Gasteiger partial charge on any atom is 0.293 e. The van der Waals surface area contributed by atoms with E-state index in [9.17, 15) is 19.4 Å². The summed E-state index contributed by atoms with van der Waals surface area (Å²) in [5.74, 6) is -0.394. The Balaban J connectivity index is 1.58. The van der Waals surface area contributed by atoms with Crippen molar-refractivity contribution in [2.45, 2.75) is 18.9 Å². The molecule has 1 fully saturated rings. The Bertz CT molecular complexity index is 960. The molecule has 0 spiro atoms. The highest BCUT2D eigenvalue weighted by atomic mass is 19.1. The number of benzene rings is 1. The number of carbonyl (C=O) groups is 1. The lowest BCUT2D eigenvalue weighted by Crippen LogP contribution is -2.56. The molecule has 0 saturated carbocycles. The van der Waals surface area contributed by atoms with Gasteiger partial charge in [-0.15, -0.1) is 5.10 Å². The molecule has 8 nitrogen and oxygen atoms in total. The second-order valence-corrected chi connectivity index (χ2v) is 7.15. The molecule has 1 aliphatic rings. The Labute approximate surface area is 160 Å². The SMILES string of the molecule is O=C(c1nc2ncccn2n1)N1CC[C@H](O)[C@@](CO)(Cc2ccc(F)cc2)C1. The second-order valence-electron chi connectivity index (χ2n) is 7.15. The summed E-state index contributed by atoms with van der Waals surface area (Å²) in [6, 6.07) is 7.61. The predicted molar refractivity (Wildman–Crippen MR) is 96.9 cm³/mol. The van der Waals surface area contributed by atoms with Gasteiger partial charge in [-0.25, -0.2) is 13.9 Å². The van der Waals surface area contributed by atoms with Crippen molar-refractivity contribution < 1.29 is 19.4 Å². The Morgan fingerprint density at radius 2 is 2.11 bits per heavy atom. The van der Waals surface area contributed by atoms with Gasteiger partial charge in [-0.2, -0.15) is 4.98 Å². The number of piperidine rings is 1. The maximum atomic E-state index is 13.2. The molecule has 0 radical (unpaired) electrons. The van der Waals surface area contributed by atoms with Crippen LogP contribution in [-0.4, -0.2) is 66.4 Å². The molecule has 4 rings (SSSR count). The number of halogens is 1. The zero-order chi connectivity index (χ0) is 19.7. The van der Waals surface area contributed by atoms with E-state index in [1.807, 2.05) is 0 Å². The smallest absolute Gasteiger partial charge is 0.293 e. The first-order valence-corrected chi connectivity index (χ1v) is 9.01. The Morgan fingerprint density at radius 1 is 1.32 bits per heavy atom. The summed E-state index contributed by atoms with van der Waals surface area (Å²) in [5, 5.41) is 24.9. The fourth-order valence-electron chi connectivity index (χ4n) is 3.68. The van der Waals surface area contributed by atoms with E-state index in [2.05, 4.69) is 15.1 Å². The summed E-state index contributed by atoms with van der Waals surface area (Å²) in [6.45, 7) is 0.160. The fraction of sp³-hybridized carbons (Fsp3) is 0.368. The van der Waals surface area contributed by atoms with Crippen molar-refractivity contribution in [1.29, 1.82) is 0 Å². The lowest BCUT2D eigenvalue weighted by Gasteiger charge is -2.45. The van der Waals surface area contributed by atoms with E-state index < -0.39 is 11.5 Å². The van der Waals surface area contributed by atoms with Crippen molar-refractivity contribution in [2.75, 3.05) is 19.7 Å². The molecule has 3 heterocycles. The van der Waals surface area contributed by atoms with Crippen molar-refractivity contribution in [3.05, 3.63) is 59.9 Å². The van der Waals surface area contributed by atoms with Crippen LogP contribution in [0.4, 0.5) is 4.39 Å². The molecular formula is C19H20FN5O3. The number of rotatable bonds is 4. The summed E-state index contributed by atoms with van der Waals surface area (Å²) in [7, 11) is 0. The first-order valence-electron chi connectivity index (χ1n) is 9.01. The van der Waals surface area contributed by atoms with Crippen molar-refractivity contribution in [3.63, 3.8) is 0 Å². The van der Waals surface area contributed by atoms with Crippen LogP contribution in [0.1, 0.15) is 22.6 Å².